The summed E-state index contributed by atoms with van der Waals surface area (Å²) in [7, 11) is 3.14. The van der Waals surface area contributed by atoms with Crippen LogP contribution in [0.1, 0.15) is 57.1 Å². The Bertz CT molecular complexity index is 656. The van der Waals surface area contributed by atoms with Crippen LogP contribution in [0.15, 0.2) is 36.4 Å². The number of carbonyl (C=O) groups is 2. The van der Waals surface area contributed by atoms with Gasteiger partial charge in [0.1, 0.15) is 5.78 Å². The zero-order chi connectivity index (χ0) is 22.2. The minimum atomic E-state index is -0.154. The van der Waals surface area contributed by atoms with E-state index < -0.39 is 0 Å². The minimum Gasteiger partial charge on any atom is -0.469 e. The molecule has 0 N–H and O–H groups in total. The topological polar surface area (TPSA) is 52.6 Å². The summed E-state index contributed by atoms with van der Waals surface area (Å²) >= 11 is 1.82. The Balaban J connectivity index is 2.44. The van der Waals surface area contributed by atoms with Crippen LogP contribution in [0, 0.1) is 11.8 Å². The number of ether oxygens (including phenoxy) is 2. The summed E-state index contributed by atoms with van der Waals surface area (Å²) in [5.74, 6) is 2.35. The van der Waals surface area contributed by atoms with E-state index in [9.17, 15) is 9.59 Å². The number of hydrogen-bond acceptors (Lipinski definition) is 5. The van der Waals surface area contributed by atoms with E-state index in [1.165, 1.54) is 18.2 Å². The maximum absolute atomic E-state index is 12.2. The second-order valence-electron chi connectivity index (χ2n) is 7.59. The number of aryl methyl sites for hydroxylation is 1. The van der Waals surface area contributed by atoms with Crippen molar-refractivity contribution < 1.29 is 19.1 Å². The van der Waals surface area contributed by atoms with Gasteiger partial charge in [-0.2, -0.15) is 11.8 Å². The van der Waals surface area contributed by atoms with Gasteiger partial charge < -0.3 is 9.47 Å². The van der Waals surface area contributed by atoms with Crippen molar-refractivity contribution in [2.45, 2.75) is 59.0 Å². The first-order valence-electron chi connectivity index (χ1n) is 10.9. The van der Waals surface area contributed by atoms with Crippen LogP contribution in [0.25, 0.3) is 0 Å². The number of Topliss-reactive ketones (excluding diaryl/α,β-unsaturated/α-hetero) is 1. The molecule has 0 heterocycles. The highest BCUT2D eigenvalue weighted by Gasteiger charge is 2.21. The van der Waals surface area contributed by atoms with Crippen LogP contribution in [0.5, 0.6) is 0 Å². The Morgan fingerprint density at radius 2 is 1.93 bits per heavy atom. The number of thioether (sulfide) groups is 1. The lowest BCUT2D eigenvalue weighted by atomic mass is 9.84. The van der Waals surface area contributed by atoms with Gasteiger partial charge in [-0.25, -0.2) is 0 Å². The quantitative estimate of drug-likeness (QED) is 0.192. The molecule has 2 atom stereocenters. The van der Waals surface area contributed by atoms with Crippen molar-refractivity contribution in [1.82, 2.24) is 0 Å². The number of ketones is 1. The van der Waals surface area contributed by atoms with Crippen molar-refractivity contribution in [2.75, 3.05) is 25.7 Å². The molecule has 0 aliphatic carbocycles. The van der Waals surface area contributed by atoms with E-state index in [0.717, 1.165) is 43.6 Å². The van der Waals surface area contributed by atoms with Gasteiger partial charge in [-0.05, 0) is 67.6 Å². The van der Waals surface area contributed by atoms with Gasteiger partial charge in [0.15, 0.2) is 0 Å². The third kappa shape index (κ3) is 11.0. The fourth-order valence-electron chi connectivity index (χ4n) is 3.57. The summed E-state index contributed by atoms with van der Waals surface area (Å²) in [6.07, 6.45) is 9.59. The monoisotopic (exact) mass is 434 g/mol. The molecule has 1 rings (SSSR count). The van der Waals surface area contributed by atoms with Gasteiger partial charge in [-0.15, -0.1) is 0 Å². The predicted octanol–water partition coefficient (Wildman–Crippen LogP) is 5.63. The largest absolute Gasteiger partial charge is 0.469 e. The van der Waals surface area contributed by atoms with E-state index in [1.54, 1.807) is 14.0 Å². The van der Waals surface area contributed by atoms with Crippen molar-refractivity contribution in [3.8, 4) is 0 Å². The van der Waals surface area contributed by atoms with Crippen LogP contribution in [0.3, 0.4) is 0 Å². The van der Waals surface area contributed by atoms with Gasteiger partial charge in [-0.1, -0.05) is 43.3 Å². The van der Waals surface area contributed by atoms with Gasteiger partial charge in [0, 0.05) is 19.4 Å². The molecule has 0 bridgehead atoms. The standard InChI is InChI=1S/C25H38O4S/c1-5-23(13-7-6-10-21-11-8-12-22(18-21)19-28-3)24(20(2)26)15-17-30-16-9-14-25(27)29-4/h7-8,11-13,18,23-24H,5-6,9-10,14-17,19H2,1-4H3/b13-7+/t23?,24-/m0/s1. The molecule has 1 aromatic rings. The van der Waals surface area contributed by atoms with Gasteiger partial charge in [0.25, 0.3) is 0 Å². The summed E-state index contributed by atoms with van der Waals surface area (Å²) in [5, 5.41) is 0. The van der Waals surface area contributed by atoms with Crippen LogP contribution in [0.4, 0.5) is 0 Å². The van der Waals surface area contributed by atoms with Crippen molar-refractivity contribution >= 4 is 23.5 Å². The third-order valence-corrected chi connectivity index (χ3v) is 6.37. The number of esters is 1. The number of benzene rings is 1. The highest BCUT2D eigenvalue weighted by atomic mass is 32.2. The summed E-state index contributed by atoms with van der Waals surface area (Å²) in [6, 6.07) is 8.52. The second-order valence-corrected chi connectivity index (χ2v) is 8.81. The van der Waals surface area contributed by atoms with Crippen molar-refractivity contribution in [2.24, 2.45) is 11.8 Å². The maximum Gasteiger partial charge on any atom is 0.305 e. The lowest BCUT2D eigenvalue weighted by Crippen LogP contribution is -2.21. The fourth-order valence-corrected chi connectivity index (χ4v) is 4.54. The lowest BCUT2D eigenvalue weighted by Gasteiger charge is -2.21. The Labute approximate surface area is 186 Å². The number of carbonyl (C=O) groups excluding carboxylic acids is 2. The molecule has 0 aliphatic rings. The maximum atomic E-state index is 12.2. The van der Waals surface area contributed by atoms with Crippen molar-refractivity contribution in [3.05, 3.63) is 47.5 Å². The SMILES string of the molecule is CCC(/C=C/CCc1cccc(COC)c1)[C@@H](CCSCCCC(=O)OC)C(C)=O. The highest BCUT2D eigenvalue weighted by molar-refractivity contribution is 7.99. The molecule has 0 saturated carbocycles. The van der Waals surface area contributed by atoms with Crippen LogP contribution in [-0.4, -0.2) is 37.5 Å². The molecule has 5 heteroatoms. The van der Waals surface area contributed by atoms with Gasteiger partial charge in [0.2, 0.25) is 0 Å². The summed E-state index contributed by atoms with van der Waals surface area (Å²) in [6.45, 7) is 4.51. The molecule has 0 amide bonds. The molecule has 1 unspecified atom stereocenters. The summed E-state index contributed by atoms with van der Waals surface area (Å²) < 4.78 is 9.86. The zero-order valence-corrected chi connectivity index (χ0v) is 19.8. The molecule has 0 fully saturated rings. The van der Waals surface area contributed by atoms with Gasteiger partial charge in [-0.3, -0.25) is 9.59 Å². The molecule has 0 spiro atoms. The zero-order valence-electron chi connectivity index (χ0n) is 19.0. The summed E-state index contributed by atoms with van der Waals surface area (Å²) in [5.41, 5.74) is 2.51. The first-order valence-corrected chi connectivity index (χ1v) is 12.1. The molecule has 1 aromatic carbocycles. The number of rotatable bonds is 16. The highest BCUT2D eigenvalue weighted by Crippen LogP contribution is 2.25. The van der Waals surface area contributed by atoms with Crippen LogP contribution in [-0.2, 0) is 32.1 Å². The van der Waals surface area contributed by atoms with E-state index >= 15 is 0 Å². The molecule has 0 aromatic heterocycles. The molecule has 4 nitrogen and oxygen atoms in total. The lowest BCUT2D eigenvalue weighted by molar-refractivity contribution is -0.140. The average molecular weight is 435 g/mol. The van der Waals surface area contributed by atoms with E-state index in [-0.39, 0.29) is 23.6 Å². The molecule has 168 valence electrons. The Morgan fingerprint density at radius 1 is 1.17 bits per heavy atom. The molecule has 0 aliphatic heterocycles. The van der Waals surface area contributed by atoms with E-state index in [4.69, 9.17) is 4.74 Å². The second kappa shape index (κ2) is 16.1. The van der Waals surface area contributed by atoms with Crippen LogP contribution < -0.4 is 0 Å². The van der Waals surface area contributed by atoms with Crippen LogP contribution >= 0.6 is 11.8 Å². The van der Waals surface area contributed by atoms with E-state index in [1.807, 2.05) is 11.8 Å². The fraction of sp³-hybridized carbons (Fsp3) is 0.600. The Hall–Kier alpha value is -1.59. The van der Waals surface area contributed by atoms with Crippen molar-refractivity contribution in [1.29, 1.82) is 0 Å². The number of allylic oxidation sites excluding steroid dienone is 2. The van der Waals surface area contributed by atoms with E-state index in [0.29, 0.717) is 13.0 Å². The van der Waals surface area contributed by atoms with E-state index in [2.05, 4.69) is 48.1 Å². The number of methoxy groups -OCH3 is 2. The Morgan fingerprint density at radius 3 is 2.60 bits per heavy atom. The van der Waals surface area contributed by atoms with Gasteiger partial charge in [0.05, 0.1) is 13.7 Å². The van der Waals surface area contributed by atoms with Crippen LogP contribution in [0.2, 0.25) is 0 Å². The number of hydrogen-bond donors (Lipinski definition) is 0. The van der Waals surface area contributed by atoms with Gasteiger partial charge >= 0.3 is 5.97 Å². The molecular formula is C25H38O4S. The first-order chi connectivity index (χ1) is 14.5. The molecule has 0 saturated heterocycles. The molecule has 0 radical (unpaired) electrons. The molecular weight excluding hydrogens is 396 g/mol. The minimum absolute atomic E-state index is 0.0735. The average Bonchev–Trinajstić information content (AvgIpc) is 2.74. The normalized spacial score (nSPS) is 13.3. The smallest absolute Gasteiger partial charge is 0.305 e. The predicted molar refractivity (Wildman–Crippen MR) is 126 cm³/mol. The first kappa shape index (κ1) is 26.4. The summed E-state index contributed by atoms with van der Waals surface area (Å²) in [4.78, 5) is 23.4. The molecule has 30 heavy (non-hydrogen) atoms. The Kier molecular flexibility index (Phi) is 14.2. The van der Waals surface area contributed by atoms with Crippen molar-refractivity contribution in [3.63, 3.8) is 0 Å². The third-order valence-electron chi connectivity index (χ3n) is 5.27.